The molecule has 0 fully saturated rings. The second kappa shape index (κ2) is 9.07. The van der Waals surface area contributed by atoms with E-state index in [0.29, 0.717) is 16.9 Å². The van der Waals surface area contributed by atoms with Crippen molar-refractivity contribution in [2.75, 3.05) is 13.7 Å². The molecule has 0 atom stereocenters. The number of phenols is 1. The van der Waals surface area contributed by atoms with Gasteiger partial charge in [0, 0.05) is 18.5 Å². The van der Waals surface area contributed by atoms with Gasteiger partial charge in [-0.3, -0.25) is 9.59 Å². The largest absolute Gasteiger partial charge is 0.504 e. The van der Waals surface area contributed by atoms with E-state index in [-0.39, 0.29) is 30.5 Å². The third kappa shape index (κ3) is 5.65. The predicted octanol–water partition coefficient (Wildman–Crippen LogP) is 1.67. The maximum absolute atomic E-state index is 11.8. The molecule has 0 radical (unpaired) electrons. The van der Waals surface area contributed by atoms with E-state index in [1.165, 1.54) is 19.4 Å². The fourth-order valence-corrected chi connectivity index (χ4v) is 1.99. The van der Waals surface area contributed by atoms with Gasteiger partial charge >= 0.3 is 0 Å². The number of carbonyl (C=O) groups excluding carboxylic acids is 2. The molecule has 0 saturated heterocycles. The third-order valence-corrected chi connectivity index (χ3v) is 3.28. The lowest BCUT2D eigenvalue weighted by Gasteiger charge is -2.05. The number of amides is 2. The van der Waals surface area contributed by atoms with Crippen molar-refractivity contribution < 1.29 is 19.4 Å². The molecule has 0 aliphatic heterocycles. The maximum Gasteiger partial charge on any atom is 0.251 e. The average Bonchev–Trinajstić information content (AvgIpc) is 2.63. The van der Waals surface area contributed by atoms with Gasteiger partial charge in [0.15, 0.2) is 11.5 Å². The first kappa shape index (κ1) is 18.0. The van der Waals surface area contributed by atoms with Gasteiger partial charge in [0.2, 0.25) is 5.91 Å². The van der Waals surface area contributed by atoms with Crippen molar-refractivity contribution in [3.8, 4) is 11.5 Å². The molecule has 0 spiro atoms. The van der Waals surface area contributed by atoms with Crippen LogP contribution in [-0.2, 0) is 4.79 Å². The number of nitrogens with one attached hydrogen (secondary N) is 2. The first-order valence-corrected chi connectivity index (χ1v) is 7.62. The number of rotatable bonds is 7. The summed E-state index contributed by atoms with van der Waals surface area (Å²) < 4.78 is 4.99. The lowest BCUT2D eigenvalue weighted by atomic mass is 10.2. The van der Waals surface area contributed by atoms with Crippen LogP contribution >= 0.6 is 0 Å². The van der Waals surface area contributed by atoms with E-state index < -0.39 is 0 Å². The second-order valence-corrected chi connectivity index (χ2v) is 5.10. The minimum atomic E-state index is -0.324. The van der Waals surface area contributed by atoms with Gasteiger partial charge in [0.25, 0.3) is 5.91 Å². The Bertz CT molecular complexity index is 760. The van der Waals surface area contributed by atoms with E-state index in [4.69, 9.17) is 4.74 Å². The molecule has 0 unspecified atom stereocenters. The van der Waals surface area contributed by atoms with Crippen molar-refractivity contribution >= 4 is 18.0 Å². The molecule has 0 aromatic heterocycles. The molecule has 2 amide bonds. The molecule has 0 aliphatic carbocycles. The van der Waals surface area contributed by atoms with Crippen molar-refractivity contribution in [2.45, 2.75) is 6.42 Å². The Morgan fingerprint density at radius 3 is 2.68 bits per heavy atom. The van der Waals surface area contributed by atoms with Gasteiger partial charge < -0.3 is 15.2 Å². The van der Waals surface area contributed by atoms with Crippen LogP contribution in [0.4, 0.5) is 0 Å². The molecule has 25 heavy (non-hydrogen) atoms. The Balaban J connectivity index is 1.74. The van der Waals surface area contributed by atoms with Crippen LogP contribution in [0.3, 0.4) is 0 Å². The van der Waals surface area contributed by atoms with Crippen molar-refractivity contribution in [2.24, 2.45) is 5.10 Å². The van der Waals surface area contributed by atoms with E-state index in [1.54, 1.807) is 36.4 Å². The smallest absolute Gasteiger partial charge is 0.251 e. The van der Waals surface area contributed by atoms with Crippen molar-refractivity contribution in [3.63, 3.8) is 0 Å². The molecule has 0 saturated carbocycles. The normalized spacial score (nSPS) is 10.4. The molecular weight excluding hydrogens is 322 g/mol. The first-order chi connectivity index (χ1) is 12.1. The molecule has 7 heteroatoms. The summed E-state index contributed by atoms with van der Waals surface area (Å²) >= 11 is 0. The summed E-state index contributed by atoms with van der Waals surface area (Å²) in [5.74, 6) is -0.208. The molecule has 2 rings (SSSR count). The number of hydrogen-bond acceptors (Lipinski definition) is 5. The van der Waals surface area contributed by atoms with E-state index in [9.17, 15) is 14.7 Å². The molecule has 7 nitrogen and oxygen atoms in total. The number of carbonyl (C=O) groups is 2. The monoisotopic (exact) mass is 341 g/mol. The molecule has 2 aromatic carbocycles. The zero-order valence-corrected chi connectivity index (χ0v) is 13.7. The zero-order valence-electron chi connectivity index (χ0n) is 13.7. The summed E-state index contributed by atoms with van der Waals surface area (Å²) in [6.07, 6.45) is 1.54. The van der Waals surface area contributed by atoms with Crippen LogP contribution in [0.1, 0.15) is 22.3 Å². The SMILES string of the molecule is COc1cc(/C=N/NC(=O)CCNC(=O)c2ccccc2)ccc1O. The van der Waals surface area contributed by atoms with Gasteiger partial charge in [0.05, 0.1) is 13.3 Å². The third-order valence-electron chi connectivity index (χ3n) is 3.28. The van der Waals surface area contributed by atoms with Crippen LogP contribution in [0.15, 0.2) is 53.6 Å². The van der Waals surface area contributed by atoms with Crippen LogP contribution in [0.25, 0.3) is 0 Å². The van der Waals surface area contributed by atoms with Crippen LogP contribution in [-0.4, -0.2) is 36.8 Å². The molecule has 2 aromatic rings. The maximum atomic E-state index is 11.8. The quantitative estimate of drug-likeness (QED) is 0.527. The molecular formula is C18H19N3O4. The Labute approximate surface area is 145 Å². The highest BCUT2D eigenvalue weighted by Gasteiger charge is 2.05. The minimum absolute atomic E-state index is 0.0258. The van der Waals surface area contributed by atoms with Gasteiger partial charge in [-0.05, 0) is 35.9 Å². The lowest BCUT2D eigenvalue weighted by Crippen LogP contribution is -2.28. The summed E-state index contributed by atoms with van der Waals surface area (Å²) in [6, 6.07) is 13.5. The molecule has 3 N–H and O–H groups in total. The van der Waals surface area contributed by atoms with Gasteiger partial charge in [-0.1, -0.05) is 18.2 Å². The fourth-order valence-electron chi connectivity index (χ4n) is 1.99. The number of nitrogens with zero attached hydrogens (tertiary/aromatic N) is 1. The molecule has 130 valence electrons. The second-order valence-electron chi connectivity index (χ2n) is 5.10. The van der Waals surface area contributed by atoms with Crippen molar-refractivity contribution in [1.29, 1.82) is 0 Å². The van der Waals surface area contributed by atoms with E-state index >= 15 is 0 Å². The van der Waals surface area contributed by atoms with Gasteiger partial charge in [-0.25, -0.2) is 5.43 Å². The molecule has 0 heterocycles. The van der Waals surface area contributed by atoms with Gasteiger partial charge in [-0.15, -0.1) is 0 Å². The Kier molecular flexibility index (Phi) is 6.53. The molecule has 0 aliphatic rings. The Hall–Kier alpha value is -3.35. The standard InChI is InChI=1S/C18H19N3O4/c1-25-16-11-13(7-8-15(16)22)12-20-21-17(23)9-10-19-18(24)14-5-3-2-4-6-14/h2-8,11-12,22H,9-10H2,1H3,(H,19,24)(H,21,23)/b20-12+. The van der Waals surface area contributed by atoms with E-state index in [2.05, 4.69) is 15.8 Å². The van der Waals surface area contributed by atoms with Gasteiger partial charge in [-0.2, -0.15) is 5.10 Å². The summed E-state index contributed by atoms with van der Waals surface area (Å²) in [4.78, 5) is 23.5. The van der Waals surface area contributed by atoms with Crippen LogP contribution in [0.2, 0.25) is 0 Å². The highest BCUT2D eigenvalue weighted by Crippen LogP contribution is 2.25. The molecule has 0 bridgehead atoms. The van der Waals surface area contributed by atoms with Gasteiger partial charge in [0.1, 0.15) is 0 Å². The van der Waals surface area contributed by atoms with E-state index in [0.717, 1.165) is 0 Å². The first-order valence-electron chi connectivity index (χ1n) is 7.62. The Morgan fingerprint density at radius 2 is 1.96 bits per heavy atom. The van der Waals surface area contributed by atoms with E-state index in [1.807, 2.05) is 6.07 Å². The van der Waals surface area contributed by atoms with Crippen molar-refractivity contribution in [3.05, 3.63) is 59.7 Å². The number of methoxy groups -OCH3 is 1. The van der Waals surface area contributed by atoms with Crippen LogP contribution in [0, 0.1) is 0 Å². The predicted molar refractivity (Wildman–Crippen MR) is 93.8 cm³/mol. The highest BCUT2D eigenvalue weighted by molar-refractivity contribution is 5.94. The number of phenolic OH excluding ortho intramolecular Hbond substituents is 1. The van der Waals surface area contributed by atoms with Crippen molar-refractivity contribution in [1.82, 2.24) is 10.7 Å². The lowest BCUT2D eigenvalue weighted by molar-refractivity contribution is -0.120. The number of ether oxygens (including phenoxy) is 1. The van der Waals surface area contributed by atoms with Crippen LogP contribution in [0.5, 0.6) is 11.5 Å². The highest BCUT2D eigenvalue weighted by atomic mass is 16.5. The van der Waals surface area contributed by atoms with Crippen LogP contribution < -0.4 is 15.5 Å². The summed E-state index contributed by atoms with van der Waals surface area (Å²) in [7, 11) is 1.45. The Morgan fingerprint density at radius 1 is 1.20 bits per heavy atom. The average molecular weight is 341 g/mol. The number of hydrazone groups is 1. The fraction of sp³-hybridized carbons (Fsp3) is 0.167. The topological polar surface area (TPSA) is 100 Å². The number of benzene rings is 2. The number of aromatic hydroxyl groups is 1. The number of hydrogen-bond donors (Lipinski definition) is 3. The summed E-state index contributed by atoms with van der Waals surface area (Å²) in [5.41, 5.74) is 3.58. The summed E-state index contributed by atoms with van der Waals surface area (Å²) in [5, 5.41) is 16.0. The summed E-state index contributed by atoms with van der Waals surface area (Å²) in [6.45, 7) is 0.210. The zero-order chi connectivity index (χ0) is 18.1. The minimum Gasteiger partial charge on any atom is -0.504 e.